The van der Waals surface area contributed by atoms with Gasteiger partial charge in [0.2, 0.25) is 0 Å². The molecule has 2 aliphatic heterocycles. The average Bonchev–Trinajstić information content (AvgIpc) is 2.64. The monoisotopic (exact) mass is 386 g/mol. The third-order valence-electron chi connectivity index (χ3n) is 5.10. The number of Topliss-reactive ketones (excluding diaryl/α,β-unsaturated/α-hetero) is 1. The molecule has 2 fully saturated rings. The summed E-state index contributed by atoms with van der Waals surface area (Å²) in [5.74, 6) is 0.182. The zero-order valence-electron chi connectivity index (χ0n) is 16.7. The standard InChI is InChI=1S/C21H26N2O5/c1-21(2,3)28-20(25)23-16-7-15(8-17(23)12-27-11-16)19(24)13-5-6-14(10-22)18(9-13)26-4/h5-6,9,15-17H,7-8,11-12H2,1-4H3. The fourth-order valence-corrected chi connectivity index (χ4v) is 3.91. The van der Waals surface area contributed by atoms with Crippen LogP contribution in [-0.2, 0) is 9.47 Å². The molecule has 0 spiro atoms. The minimum Gasteiger partial charge on any atom is -0.495 e. The molecule has 1 amide bonds. The maximum absolute atomic E-state index is 13.1. The second-order valence-corrected chi connectivity index (χ2v) is 8.29. The zero-order chi connectivity index (χ0) is 20.5. The van der Waals surface area contributed by atoms with E-state index >= 15 is 0 Å². The molecule has 7 heteroatoms. The highest BCUT2D eigenvalue weighted by Gasteiger charge is 2.45. The number of benzene rings is 1. The van der Waals surface area contributed by atoms with Crippen molar-refractivity contribution in [2.45, 2.75) is 51.3 Å². The molecule has 2 bridgehead atoms. The fourth-order valence-electron chi connectivity index (χ4n) is 3.91. The molecule has 2 heterocycles. The predicted octanol–water partition coefficient (Wildman–Crippen LogP) is 3.16. The Balaban J connectivity index is 1.77. The minimum absolute atomic E-state index is 0.00327. The number of fused-ring (bicyclic) bond motifs is 2. The summed E-state index contributed by atoms with van der Waals surface area (Å²) < 4.78 is 16.4. The second kappa shape index (κ2) is 7.80. The number of piperidine rings is 1. The van der Waals surface area contributed by atoms with Gasteiger partial charge in [0.1, 0.15) is 17.4 Å². The number of nitrogens with zero attached hydrogens (tertiary/aromatic N) is 2. The van der Waals surface area contributed by atoms with E-state index in [9.17, 15) is 9.59 Å². The van der Waals surface area contributed by atoms with Crippen molar-refractivity contribution in [1.82, 2.24) is 4.90 Å². The maximum atomic E-state index is 13.1. The smallest absolute Gasteiger partial charge is 0.410 e. The van der Waals surface area contributed by atoms with Crippen molar-refractivity contribution < 1.29 is 23.8 Å². The van der Waals surface area contributed by atoms with Gasteiger partial charge < -0.3 is 14.2 Å². The lowest BCUT2D eigenvalue weighted by Crippen LogP contribution is -2.60. The van der Waals surface area contributed by atoms with Gasteiger partial charge in [0.25, 0.3) is 0 Å². The van der Waals surface area contributed by atoms with Crippen LogP contribution in [0.5, 0.6) is 5.75 Å². The topological polar surface area (TPSA) is 88.9 Å². The summed E-state index contributed by atoms with van der Waals surface area (Å²) in [6.07, 6.45) is 0.699. The van der Waals surface area contributed by atoms with E-state index in [-0.39, 0.29) is 29.9 Å². The van der Waals surface area contributed by atoms with Crippen molar-refractivity contribution >= 4 is 11.9 Å². The molecule has 0 N–H and O–H groups in total. The summed E-state index contributed by atoms with van der Waals surface area (Å²) in [4.78, 5) is 27.5. The van der Waals surface area contributed by atoms with Gasteiger partial charge in [0, 0.05) is 11.5 Å². The van der Waals surface area contributed by atoms with Crippen LogP contribution in [0.3, 0.4) is 0 Å². The Hall–Kier alpha value is -2.59. The number of carbonyl (C=O) groups is 2. The Labute approximate surface area is 165 Å². The highest BCUT2D eigenvalue weighted by molar-refractivity contribution is 5.98. The van der Waals surface area contributed by atoms with Crippen LogP contribution in [0.4, 0.5) is 4.79 Å². The Kier molecular flexibility index (Phi) is 5.61. The number of amides is 1. The van der Waals surface area contributed by atoms with Gasteiger partial charge in [0.15, 0.2) is 5.78 Å². The van der Waals surface area contributed by atoms with E-state index < -0.39 is 5.60 Å². The van der Waals surface area contributed by atoms with Crippen LogP contribution in [0.15, 0.2) is 18.2 Å². The number of methoxy groups -OCH3 is 1. The van der Waals surface area contributed by atoms with Crippen molar-refractivity contribution in [3.05, 3.63) is 29.3 Å². The van der Waals surface area contributed by atoms with Gasteiger partial charge in [0.05, 0.1) is 38.0 Å². The van der Waals surface area contributed by atoms with Gasteiger partial charge in [-0.15, -0.1) is 0 Å². The quantitative estimate of drug-likeness (QED) is 0.742. The lowest BCUT2D eigenvalue weighted by atomic mass is 9.80. The minimum atomic E-state index is -0.571. The molecule has 0 saturated carbocycles. The molecule has 1 aromatic carbocycles. The molecule has 2 saturated heterocycles. The number of ketones is 1. The van der Waals surface area contributed by atoms with Gasteiger partial charge in [-0.05, 0) is 51.8 Å². The van der Waals surface area contributed by atoms with Crippen molar-refractivity contribution in [2.75, 3.05) is 20.3 Å². The highest BCUT2D eigenvalue weighted by atomic mass is 16.6. The first kappa shape index (κ1) is 20.2. The van der Waals surface area contributed by atoms with E-state index in [1.165, 1.54) is 7.11 Å². The van der Waals surface area contributed by atoms with Gasteiger partial charge in [-0.2, -0.15) is 5.26 Å². The Bertz CT molecular complexity index is 794. The van der Waals surface area contributed by atoms with E-state index in [0.717, 1.165) is 0 Å². The number of hydrogen-bond acceptors (Lipinski definition) is 6. The van der Waals surface area contributed by atoms with Crippen molar-refractivity contribution in [3.63, 3.8) is 0 Å². The molecule has 2 atom stereocenters. The number of morpholine rings is 1. The Morgan fingerprint density at radius 3 is 2.39 bits per heavy atom. The maximum Gasteiger partial charge on any atom is 0.410 e. The van der Waals surface area contributed by atoms with Gasteiger partial charge >= 0.3 is 6.09 Å². The fraction of sp³-hybridized carbons (Fsp3) is 0.571. The van der Waals surface area contributed by atoms with Gasteiger partial charge in [-0.1, -0.05) is 0 Å². The first-order valence-corrected chi connectivity index (χ1v) is 9.45. The second-order valence-electron chi connectivity index (χ2n) is 8.29. The first-order valence-electron chi connectivity index (χ1n) is 9.45. The van der Waals surface area contributed by atoms with E-state index in [1.54, 1.807) is 23.1 Å². The molecule has 0 aromatic heterocycles. The number of hydrogen-bond donors (Lipinski definition) is 0. The SMILES string of the molecule is COc1cc(C(=O)C2CC3COCC(C2)N3C(=O)OC(C)(C)C)ccc1C#N. The lowest BCUT2D eigenvalue weighted by Gasteiger charge is -2.47. The van der Waals surface area contributed by atoms with Crippen molar-refractivity contribution in [1.29, 1.82) is 5.26 Å². The summed E-state index contributed by atoms with van der Waals surface area (Å²) in [5, 5.41) is 9.12. The van der Waals surface area contributed by atoms with E-state index in [1.807, 2.05) is 20.8 Å². The molecule has 2 aliphatic rings. The highest BCUT2D eigenvalue weighted by Crippen LogP contribution is 2.35. The number of nitriles is 1. The molecular weight excluding hydrogens is 360 g/mol. The van der Waals surface area contributed by atoms with Gasteiger partial charge in [-0.3, -0.25) is 9.69 Å². The van der Waals surface area contributed by atoms with Crippen LogP contribution in [0.2, 0.25) is 0 Å². The third-order valence-corrected chi connectivity index (χ3v) is 5.10. The predicted molar refractivity (Wildman–Crippen MR) is 101 cm³/mol. The molecule has 150 valence electrons. The van der Waals surface area contributed by atoms with E-state index in [2.05, 4.69) is 6.07 Å². The van der Waals surface area contributed by atoms with E-state index in [0.29, 0.717) is 42.9 Å². The summed E-state index contributed by atoms with van der Waals surface area (Å²) in [5.41, 5.74) is 0.340. The number of rotatable bonds is 3. The van der Waals surface area contributed by atoms with Crippen LogP contribution in [0.25, 0.3) is 0 Å². The largest absolute Gasteiger partial charge is 0.495 e. The Morgan fingerprint density at radius 2 is 1.86 bits per heavy atom. The van der Waals surface area contributed by atoms with Crippen LogP contribution >= 0.6 is 0 Å². The van der Waals surface area contributed by atoms with Crippen LogP contribution in [-0.4, -0.2) is 54.8 Å². The molecule has 2 unspecified atom stereocenters. The summed E-state index contributed by atoms with van der Waals surface area (Å²) >= 11 is 0. The normalized spacial score (nSPS) is 24.2. The Morgan fingerprint density at radius 1 is 1.21 bits per heavy atom. The van der Waals surface area contributed by atoms with Crippen molar-refractivity contribution in [2.24, 2.45) is 5.92 Å². The molecule has 3 rings (SSSR count). The molecular formula is C21H26N2O5. The van der Waals surface area contributed by atoms with Gasteiger partial charge in [-0.25, -0.2) is 4.79 Å². The molecule has 0 radical (unpaired) electrons. The summed E-state index contributed by atoms with van der Waals surface area (Å²) in [7, 11) is 1.48. The summed E-state index contributed by atoms with van der Waals surface area (Å²) in [6.45, 7) is 6.32. The van der Waals surface area contributed by atoms with Crippen LogP contribution in [0.1, 0.15) is 49.5 Å². The lowest BCUT2D eigenvalue weighted by molar-refractivity contribution is -0.0861. The van der Waals surface area contributed by atoms with Crippen molar-refractivity contribution in [3.8, 4) is 11.8 Å². The average molecular weight is 386 g/mol. The van der Waals surface area contributed by atoms with Crippen LogP contribution in [0, 0.1) is 17.2 Å². The summed E-state index contributed by atoms with van der Waals surface area (Å²) in [6, 6.07) is 6.57. The molecule has 28 heavy (non-hydrogen) atoms. The van der Waals surface area contributed by atoms with Crippen LogP contribution < -0.4 is 4.74 Å². The van der Waals surface area contributed by atoms with E-state index in [4.69, 9.17) is 19.5 Å². The molecule has 7 nitrogen and oxygen atoms in total. The first-order chi connectivity index (χ1) is 13.2. The zero-order valence-corrected chi connectivity index (χ0v) is 16.7. The third kappa shape index (κ3) is 4.12. The molecule has 1 aromatic rings. The number of carbonyl (C=O) groups excluding carboxylic acids is 2. The molecule has 0 aliphatic carbocycles. The number of ether oxygens (including phenoxy) is 3.